The van der Waals surface area contributed by atoms with Crippen LogP contribution in [0, 0.1) is 46.5 Å². The van der Waals surface area contributed by atoms with E-state index in [0.29, 0.717) is 5.69 Å². The highest BCUT2D eigenvalue weighted by atomic mass is 19.1. The van der Waals surface area contributed by atoms with Crippen molar-refractivity contribution in [2.24, 2.45) is 23.5 Å². The van der Waals surface area contributed by atoms with Gasteiger partial charge in [0.15, 0.2) is 34.5 Å². The Kier molecular flexibility index (Phi) is 46.4. The first-order chi connectivity index (χ1) is 53.7. The summed E-state index contributed by atoms with van der Waals surface area (Å²) < 4.78 is 64.6. The molecule has 4 heterocycles. The van der Waals surface area contributed by atoms with Gasteiger partial charge in [0.25, 0.3) is 35.4 Å². The van der Waals surface area contributed by atoms with Crippen molar-refractivity contribution in [3.63, 3.8) is 0 Å². The topological polar surface area (TPSA) is 444 Å². The molecule has 6 atom stereocenters. The molecular formula is C81H112F3N13O17. The minimum Gasteiger partial charge on any atom is -0.456 e. The summed E-state index contributed by atoms with van der Waals surface area (Å²) in [5.74, 6) is -11.9. The third kappa shape index (κ3) is 38.1. The van der Waals surface area contributed by atoms with E-state index in [4.69, 9.17) is 29.9 Å². The van der Waals surface area contributed by atoms with Gasteiger partial charge in [0.05, 0.1) is 42.7 Å². The first-order valence-electron chi connectivity index (χ1n) is 37.3. The van der Waals surface area contributed by atoms with E-state index in [2.05, 4.69) is 57.5 Å². The number of unbranched alkanes of at least 4 members (excludes halogenated alkanes) is 3. The largest absolute Gasteiger partial charge is 0.456 e. The van der Waals surface area contributed by atoms with E-state index in [1.165, 1.54) is 78.0 Å². The molecule has 8 amide bonds. The number of pyridine rings is 3. The number of nitrogens with zero attached hydrogens (tertiary/aromatic N) is 4. The van der Waals surface area contributed by atoms with Crippen molar-refractivity contribution in [3.05, 3.63) is 160 Å². The average Bonchev–Trinajstić information content (AvgIpc) is 0.842. The Bertz CT molecular complexity index is 4050. The van der Waals surface area contributed by atoms with Crippen LogP contribution in [0.2, 0.25) is 0 Å². The van der Waals surface area contributed by atoms with Crippen LogP contribution in [0.4, 0.5) is 18.0 Å². The van der Waals surface area contributed by atoms with Gasteiger partial charge in [-0.15, -0.1) is 0 Å². The van der Waals surface area contributed by atoms with Crippen molar-refractivity contribution in [1.82, 2.24) is 57.5 Å². The third-order valence-electron chi connectivity index (χ3n) is 15.4. The zero-order valence-electron chi connectivity index (χ0n) is 68.3. The van der Waals surface area contributed by atoms with E-state index in [1.54, 1.807) is 86.6 Å². The Balaban J connectivity index is 0.000000845. The van der Waals surface area contributed by atoms with E-state index in [0.717, 1.165) is 56.7 Å². The molecule has 0 fully saturated rings. The van der Waals surface area contributed by atoms with Gasteiger partial charge in [0.1, 0.15) is 70.7 Å². The van der Waals surface area contributed by atoms with Crippen LogP contribution in [0.25, 0.3) is 0 Å². The fraction of sp³-hybridized carbons (Fsp3) is 0.494. The molecule has 0 saturated carbocycles. The number of aromatic nitrogens is 3. The Hall–Kier alpha value is -11.6. The van der Waals surface area contributed by atoms with Gasteiger partial charge < -0.3 is 67.2 Å². The average molecular weight is 1600 g/mol. The molecule has 0 saturated heterocycles. The van der Waals surface area contributed by atoms with Gasteiger partial charge in [-0.05, 0) is 147 Å². The summed E-state index contributed by atoms with van der Waals surface area (Å²) in [6.07, 6.45) is 16.1. The number of nitriles is 1. The number of ketones is 2. The van der Waals surface area contributed by atoms with E-state index in [1.807, 2.05) is 39.0 Å². The molecule has 10 N–H and O–H groups in total. The van der Waals surface area contributed by atoms with Crippen molar-refractivity contribution >= 4 is 76.9 Å². The summed E-state index contributed by atoms with van der Waals surface area (Å²) in [5, 5.41) is 27.0. The number of hydrogen-bond donors (Lipinski definition) is 9. The molecule has 624 valence electrons. The van der Waals surface area contributed by atoms with Crippen molar-refractivity contribution < 1.29 is 94.4 Å². The number of rotatable bonds is 31. The van der Waals surface area contributed by atoms with Gasteiger partial charge >= 0.3 is 24.0 Å². The smallest absolute Gasteiger partial charge is 0.407 e. The summed E-state index contributed by atoms with van der Waals surface area (Å²) in [6, 6.07) is 5.68. The lowest BCUT2D eigenvalue weighted by molar-refractivity contribution is -0.153. The first kappa shape index (κ1) is 100. The lowest BCUT2D eigenvalue weighted by atomic mass is 10.0. The van der Waals surface area contributed by atoms with Crippen LogP contribution in [0.1, 0.15) is 231 Å². The number of alkyl carbamates (subject to hydrolysis) is 1. The van der Waals surface area contributed by atoms with Gasteiger partial charge in [-0.2, -0.15) is 5.26 Å². The van der Waals surface area contributed by atoms with Gasteiger partial charge in [-0.25, -0.2) is 47.3 Å². The molecule has 30 nitrogen and oxygen atoms in total. The number of hydrogen-bond acceptors (Lipinski definition) is 22. The molecule has 0 aliphatic carbocycles. The molecule has 3 aromatic heterocycles. The van der Waals surface area contributed by atoms with Crippen LogP contribution in [-0.4, -0.2) is 134 Å². The second-order valence-electron chi connectivity index (χ2n) is 27.6. The number of carbonyl (C=O) groups is 13. The van der Waals surface area contributed by atoms with Gasteiger partial charge in [-0.3, -0.25) is 43.2 Å². The SMILES string of the molecule is C/C=C(\NC(=O)c1nc(CN)ccc1F)C(=O)N[C@H](C(=O)O[C@H](/C=C/CCC)CC(C)=O)C(C)C.C/C=C(\NC(=O)c1nc(CNC(=O)OC(C)(C)C)ccc1F)C(=O)N[C@H](C(=O)O[C@H](/C=C/CCC)CC(C)=O)C(C)C.C/C=C1\NC(=O)c2nc(ccc2F)CNC(=O)C[C@@H](/C=C/CCC)OC(=O)[C@H](C(C)C)NC1=O.CC#N. The van der Waals surface area contributed by atoms with Crippen LogP contribution in [0.5, 0.6) is 0 Å². The van der Waals surface area contributed by atoms with Crippen molar-refractivity contribution in [1.29, 1.82) is 5.26 Å². The predicted molar refractivity (Wildman–Crippen MR) is 418 cm³/mol. The minimum atomic E-state index is -1.10. The number of carbonyl (C=O) groups excluding carboxylic acids is 13. The summed E-state index contributed by atoms with van der Waals surface area (Å²) in [4.78, 5) is 175. The number of allylic oxidation sites excluding steroid dienone is 6. The van der Waals surface area contributed by atoms with E-state index < -0.39 is 148 Å². The molecule has 114 heavy (non-hydrogen) atoms. The Morgan fingerprint density at radius 2 is 1.13 bits per heavy atom. The van der Waals surface area contributed by atoms with E-state index in [-0.39, 0.29) is 90.8 Å². The second-order valence-corrected chi connectivity index (χ2v) is 27.6. The molecule has 1 aliphatic heterocycles. The highest BCUT2D eigenvalue weighted by molar-refractivity contribution is 6.05. The van der Waals surface area contributed by atoms with Crippen molar-refractivity contribution in [2.45, 2.75) is 244 Å². The number of Topliss-reactive ketones (excluding diaryl/α,β-unsaturated/α-hetero) is 2. The standard InChI is InChI=1S/C30H43FN4O7.C25H35FN4O5.C24H31FN4O5.C2H3N/c1-9-11-12-13-21(16-19(5)36)41-28(39)24(18(3)4)35-26(37)23(10-2)34-27(38)25-22(31)15-14-20(33-25)17-32-29(40)42-30(6,7)8;1-6-8-9-10-18(13-16(5)31)35-25(34)21(15(3)4)30-23(32)20(7-2)29-24(33)22-19(26)12-11-17(14-27)28-22;1-5-7-8-9-16-12-19(30)26-13-15-10-11-17(25)21(27-15)23(32)28-18(6-2)22(31)29-20(14(3)4)24(33)34-16;1-2-3/h10,12-15,18,21,24H,9,11,16-17H2,1-8H3,(H,32,40)(H,34,38)(H,35,37);7,9-12,15,18,21H,6,8,13-14,27H2,1-5H3,(H,29,33)(H,30,32);6,8-11,14,16,20H,5,7,12-13H2,1-4H3,(H,26,30)(H,28,32)(H,29,31);1H3/b13-12+,23-10-;10-9+,20-7-;9-8+,18-6-;/t21-,24+;18-,21+;16-,20+;/m111./s1. The number of fused-ring (bicyclic) bond motifs is 2. The first-order valence-corrected chi connectivity index (χ1v) is 37.3. The van der Waals surface area contributed by atoms with Crippen LogP contribution in [-0.2, 0) is 81.7 Å². The summed E-state index contributed by atoms with van der Waals surface area (Å²) in [7, 11) is 0. The van der Waals surface area contributed by atoms with Crippen LogP contribution in [0.3, 0.4) is 0 Å². The molecule has 33 heteroatoms. The molecule has 1 aliphatic rings. The Morgan fingerprint density at radius 3 is 1.55 bits per heavy atom. The number of nitrogens with one attached hydrogen (secondary N) is 8. The monoisotopic (exact) mass is 1600 g/mol. The van der Waals surface area contributed by atoms with Gasteiger partial charge in [0, 0.05) is 26.3 Å². The zero-order chi connectivity index (χ0) is 86.5. The molecule has 2 bridgehead atoms. The number of amides is 8. The van der Waals surface area contributed by atoms with Crippen LogP contribution < -0.4 is 48.3 Å². The van der Waals surface area contributed by atoms with Gasteiger partial charge in [0.2, 0.25) is 5.91 Å². The molecular weight excluding hydrogens is 1480 g/mol. The van der Waals surface area contributed by atoms with E-state index >= 15 is 0 Å². The molecule has 0 unspecified atom stereocenters. The maximum atomic E-state index is 14.5. The highest BCUT2D eigenvalue weighted by Crippen LogP contribution is 2.18. The zero-order valence-corrected chi connectivity index (χ0v) is 68.3. The lowest BCUT2D eigenvalue weighted by Crippen LogP contribution is -2.48. The lowest BCUT2D eigenvalue weighted by Gasteiger charge is -2.24. The number of nitrogens with two attached hydrogens (primary N) is 1. The molecule has 3 aromatic rings. The Labute approximate surface area is 664 Å². The highest BCUT2D eigenvalue weighted by Gasteiger charge is 2.34. The quantitative estimate of drug-likeness (QED) is 0.0125. The Morgan fingerprint density at radius 1 is 0.675 bits per heavy atom. The molecule has 0 aromatic carbocycles. The fourth-order valence-electron chi connectivity index (χ4n) is 9.56. The third-order valence-corrected chi connectivity index (χ3v) is 15.4. The summed E-state index contributed by atoms with van der Waals surface area (Å²) in [6.45, 7) is 29.9. The number of ether oxygens (including phenoxy) is 4. The van der Waals surface area contributed by atoms with Crippen molar-refractivity contribution in [3.8, 4) is 6.07 Å². The van der Waals surface area contributed by atoms with Gasteiger partial charge in [-0.1, -0.05) is 118 Å². The molecule has 0 radical (unpaired) electrons. The minimum absolute atomic E-state index is 0.00789. The number of esters is 3. The normalized spacial score (nSPS) is 15.6. The van der Waals surface area contributed by atoms with E-state index in [9.17, 15) is 75.5 Å². The van der Waals surface area contributed by atoms with Crippen LogP contribution in [0.15, 0.2) is 108 Å². The van der Waals surface area contributed by atoms with Crippen molar-refractivity contribution in [2.75, 3.05) is 0 Å². The van der Waals surface area contributed by atoms with Crippen LogP contribution >= 0.6 is 0 Å². The maximum Gasteiger partial charge on any atom is 0.407 e. The second kappa shape index (κ2) is 52.6. The number of cyclic esters (lactones) is 1. The predicted octanol–water partition coefficient (Wildman–Crippen LogP) is 9.78. The molecule has 0 spiro atoms. The summed E-state index contributed by atoms with van der Waals surface area (Å²) in [5.41, 5.74) is 3.25. The molecule has 4 rings (SSSR count). The number of halogens is 3. The maximum absolute atomic E-state index is 14.5. The summed E-state index contributed by atoms with van der Waals surface area (Å²) >= 11 is 0. The fourth-order valence-corrected chi connectivity index (χ4v) is 9.56.